The molecule has 3 rings (SSSR count). The van der Waals surface area contributed by atoms with Gasteiger partial charge in [-0.2, -0.15) is 0 Å². The largest absolute Gasteiger partial charge is 0.335 e. The summed E-state index contributed by atoms with van der Waals surface area (Å²) >= 11 is 2.49. The number of hydrogen-bond acceptors (Lipinski definition) is 7. The number of carbonyl (C=O) groups excluding carboxylic acids is 2. The van der Waals surface area contributed by atoms with E-state index in [1.807, 2.05) is 17.5 Å². The molecule has 0 unspecified atom stereocenters. The highest BCUT2D eigenvalue weighted by Crippen LogP contribution is 2.24. The molecule has 0 radical (unpaired) electrons. The molecule has 0 fully saturated rings. The summed E-state index contributed by atoms with van der Waals surface area (Å²) in [5, 5.41) is 14.5. The van der Waals surface area contributed by atoms with Crippen LogP contribution in [0.25, 0.3) is 10.7 Å². The summed E-state index contributed by atoms with van der Waals surface area (Å²) in [6, 6.07) is 8.54. The smallest absolute Gasteiger partial charge is 0.325 e. The minimum Gasteiger partial charge on any atom is -0.335 e. The second-order valence-electron chi connectivity index (χ2n) is 4.92. The minimum absolute atomic E-state index is 0.0206. The molecule has 8 nitrogen and oxygen atoms in total. The van der Waals surface area contributed by atoms with Gasteiger partial charge in [-0.1, -0.05) is 30.0 Å². The summed E-state index contributed by atoms with van der Waals surface area (Å²) in [5.74, 6) is 5.13. The van der Waals surface area contributed by atoms with E-state index < -0.39 is 17.8 Å². The molecule has 3 amide bonds. The molecule has 134 valence electrons. The third-order valence-corrected chi connectivity index (χ3v) is 4.92. The van der Waals surface area contributed by atoms with Crippen molar-refractivity contribution in [2.75, 3.05) is 16.9 Å². The Labute approximate surface area is 155 Å². The summed E-state index contributed by atoms with van der Waals surface area (Å²) in [4.78, 5) is 24.5. The van der Waals surface area contributed by atoms with E-state index in [1.165, 1.54) is 34.2 Å². The van der Waals surface area contributed by atoms with E-state index >= 15 is 0 Å². The van der Waals surface area contributed by atoms with Gasteiger partial charge in [-0.25, -0.2) is 13.9 Å². The number of hydrogen-bond donors (Lipinski definition) is 3. The Kier molecular flexibility index (Phi) is 5.49. The maximum atomic E-state index is 13.5. The molecule has 0 atom stereocenters. The summed E-state index contributed by atoms with van der Waals surface area (Å²) < 4.78 is 14.7. The normalized spacial score (nSPS) is 10.5. The van der Waals surface area contributed by atoms with Crippen molar-refractivity contribution in [3.05, 3.63) is 47.6 Å². The highest BCUT2D eigenvalue weighted by molar-refractivity contribution is 7.99. The highest BCUT2D eigenvalue weighted by Gasteiger charge is 2.15. The first kappa shape index (κ1) is 17.9. The quantitative estimate of drug-likeness (QED) is 0.453. The first-order valence-electron chi connectivity index (χ1n) is 7.27. The van der Waals surface area contributed by atoms with Crippen LogP contribution in [0, 0.1) is 5.82 Å². The zero-order chi connectivity index (χ0) is 18.5. The Hall–Kier alpha value is -2.92. The molecule has 0 aliphatic rings. The monoisotopic (exact) mass is 392 g/mol. The van der Waals surface area contributed by atoms with Crippen LogP contribution in [-0.2, 0) is 4.79 Å². The number of urea groups is 1. The second kappa shape index (κ2) is 7.97. The molecule has 11 heteroatoms. The maximum absolute atomic E-state index is 13.5. The lowest BCUT2D eigenvalue weighted by Gasteiger charge is -2.07. The Morgan fingerprint density at radius 3 is 2.77 bits per heavy atom. The van der Waals surface area contributed by atoms with Crippen LogP contribution in [0.5, 0.6) is 0 Å². The van der Waals surface area contributed by atoms with E-state index in [1.54, 1.807) is 6.07 Å². The van der Waals surface area contributed by atoms with Crippen LogP contribution in [0.1, 0.15) is 0 Å². The molecule has 0 bridgehead atoms. The van der Waals surface area contributed by atoms with Gasteiger partial charge in [-0.15, -0.1) is 21.5 Å². The van der Waals surface area contributed by atoms with Gasteiger partial charge in [0, 0.05) is 0 Å². The third-order valence-electron chi connectivity index (χ3n) is 3.11. The Balaban J connectivity index is 1.53. The molecule has 2 heterocycles. The average Bonchev–Trinajstić information content (AvgIpc) is 3.25. The Morgan fingerprint density at radius 1 is 1.23 bits per heavy atom. The number of para-hydroxylation sites is 1. The molecular formula is C15H13FN6O2S2. The van der Waals surface area contributed by atoms with Gasteiger partial charge < -0.3 is 11.2 Å². The lowest BCUT2D eigenvalue weighted by atomic mass is 10.3. The standard InChI is InChI=1S/C15H13FN6O2S2/c16-9-4-1-2-5-10(9)18-14(24)19-12(23)8-26-15-21-20-13(22(15)17)11-6-3-7-25-11/h1-7H,8,17H2,(H2,18,19,23,24). The molecule has 0 saturated carbocycles. The number of nitrogens with two attached hydrogens (primary N) is 1. The molecule has 1 aromatic carbocycles. The number of aromatic nitrogens is 3. The summed E-state index contributed by atoms with van der Waals surface area (Å²) in [7, 11) is 0. The van der Waals surface area contributed by atoms with Gasteiger partial charge >= 0.3 is 6.03 Å². The SMILES string of the molecule is Nn1c(SCC(=O)NC(=O)Nc2ccccc2F)nnc1-c1cccs1. The molecule has 0 spiro atoms. The second-order valence-corrected chi connectivity index (χ2v) is 6.81. The Morgan fingerprint density at radius 2 is 2.04 bits per heavy atom. The van der Waals surface area contributed by atoms with E-state index in [-0.39, 0.29) is 11.4 Å². The lowest BCUT2D eigenvalue weighted by molar-refractivity contribution is -0.117. The van der Waals surface area contributed by atoms with Crippen LogP contribution in [-0.4, -0.2) is 32.6 Å². The fourth-order valence-corrected chi connectivity index (χ4v) is 3.32. The van der Waals surface area contributed by atoms with Crippen molar-refractivity contribution in [2.24, 2.45) is 0 Å². The van der Waals surface area contributed by atoms with Crippen LogP contribution in [0.4, 0.5) is 14.9 Å². The van der Waals surface area contributed by atoms with Crippen molar-refractivity contribution in [2.45, 2.75) is 5.16 Å². The summed E-state index contributed by atoms with van der Waals surface area (Å²) in [6.07, 6.45) is 0. The number of benzene rings is 1. The van der Waals surface area contributed by atoms with Crippen molar-refractivity contribution in [1.29, 1.82) is 0 Å². The van der Waals surface area contributed by atoms with Crippen LogP contribution < -0.4 is 16.5 Å². The van der Waals surface area contributed by atoms with E-state index in [9.17, 15) is 14.0 Å². The zero-order valence-electron chi connectivity index (χ0n) is 13.2. The summed E-state index contributed by atoms with van der Waals surface area (Å²) in [5.41, 5.74) is -0.0206. The molecule has 2 aromatic heterocycles. The predicted octanol–water partition coefficient (Wildman–Crippen LogP) is 2.30. The number of thiophene rings is 1. The van der Waals surface area contributed by atoms with Gasteiger partial charge in [0.25, 0.3) is 0 Å². The number of rotatable bonds is 5. The number of amides is 3. The van der Waals surface area contributed by atoms with Crippen LogP contribution in [0.2, 0.25) is 0 Å². The lowest BCUT2D eigenvalue weighted by Crippen LogP contribution is -2.35. The number of thioether (sulfide) groups is 1. The fraction of sp³-hybridized carbons (Fsp3) is 0.0667. The van der Waals surface area contributed by atoms with E-state index in [4.69, 9.17) is 5.84 Å². The third kappa shape index (κ3) is 4.18. The molecule has 3 aromatic rings. The fourth-order valence-electron chi connectivity index (χ4n) is 1.96. The van der Waals surface area contributed by atoms with Gasteiger partial charge in [0.2, 0.25) is 11.1 Å². The maximum Gasteiger partial charge on any atom is 0.325 e. The van der Waals surface area contributed by atoms with E-state index in [0.717, 1.165) is 16.6 Å². The van der Waals surface area contributed by atoms with Gasteiger partial charge in [-0.3, -0.25) is 10.1 Å². The van der Waals surface area contributed by atoms with Crippen LogP contribution >= 0.6 is 23.1 Å². The molecule has 26 heavy (non-hydrogen) atoms. The average molecular weight is 392 g/mol. The molecular weight excluding hydrogens is 379 g/mol. The Bertz CT molecular complexity index is 928. The predicted molar refractivity (Wildman–Crippen MR) is 97.8 cm³/mol. The van der Waals surface area contributed by atoms with Gasteiger partial charge in [0.15, 0.2) is 5.82 Å². The first-order valence-corrected chi connectivity index (χ1v) is 9.13. The van der Waals surface area contributed by atoms with Gasteiger partial charge in [0.05, 0.1) is 16.3 Å². The van der Waals surface area contributed by atoms with Crippen molar-refractivity contribution >= 4 is 40.7 Å². The van der Waals surface area contributed by atoms with E-state index in [0.29, 0.717) is 11.0 Å². The van der Waals surface area contributed by atoms with Crippen molar-refractivity contribution in [1.82, 2.24) is 20.2 Å². The zero-order valence-corrected chi connectivity index (χ0v) is 14.8. The molecule has 0 aliphatic carbocycles. The topological polar surface area (TPSA) is 115 Å². The van der Waals surface area contributed by atoms with Crippen LogP contribution in [0.15, 0.2) is 46.9 Å². The van der Waals surface area contributed by atoms with Crippen molar-refractivity contribution in [3.63, 3.8) is 0 Å². The number of carbonyl (C=O) groups is 2. The van der Waals surface area contributed by atoms with Gasteiger partial charge in [0.1, 0.15) is 5.82 Å². The molecule has 4 N–H and O–H groups in total. The van der Waals surface area contributed by atoms with Crippen molar-refractivity contribution < 1.29 is 14.0 Å². The number of imide groups is 1. The van der Waals surface area contributed by atoms with Crippen molar-refractivity contribution in [3.8, 4) is 10.7 Å². The molecule has 0 aliphatic heterocycles. The number of anilines is 1. The number of nitrogens with zero attached hydrogens (tertiary/aromatic N) is 3. The number of halogens is 1. The highest BCUT2D eigenvalue weighted by atomic mass is 32.2. The molecule has 0 saturated heterocycles. The number of nitrogens with one attached hydrogen (secondary N) is 2. The number of nitrogen functional groups attached to an aromatic ring is 1. The minimum atomic E-state index is -0.825. The summed E-state index contributed by atoms with van der Waals surface area (Å²) in [6.45, 7) is 0. The van der Waals surface area contributed by atoms with Gasteiger partial charge in [-0.05, 0) is 23.6 Å². The first-order chi connectivity index (χ1) is 12.5. The van der Waals surface area contributed by atoms with Crippen LogP contribution in [0.3, 0.4) is 0 Å². The van der Waals surface area contributed by atoms with E-state index in [2.05, 4.69) is 20.8 Å².